The number of carbonyl (C=O) groups is 1. The zero-order valence-electron chi connectivity index (χ0n) is 8.47. The number of hydrogen-bond donors (Lipinski definition) is 1. The Kier molecular flexibility index (Phi) is 3.11. The van der Waals surface area contributed by atoms with Gasteiger partial charge in [-0.2, -0.15) is 0 Å². The van der Waals surface area contributed by atoms with Crippen molar-refractivity contribution in [2.24, 2.45) is 5.14 Å². The molecule has 0 aliphatic rings. The molecule has 0 aromatic heterocycles. The number of nitrogens with two attached hydrogens (primary N) is 1. The van der Waals surface area contributed by atoms with Crippen molar-refractivity contribution in [2.75, 3.05) is 14.1 Å². The van der Waals surface area contributed by atoms with E-state index in [0.717, 1.165) is 0 Å². The van der Waals surface area contributed by atoms with Gasteiger partial charge in [0.1, 0.15) is 0 Å². The molecular weight excluding hydrogens is 216 g/mol. The van der Waals surface area contributed by atoms with Crippen LogP contribution in [0, 0.1) is 0 Å². The molecule has 0 aliphatic carbocycles. The van der Waals surface area contributed by atoms with Crippen molar-refractivity contribution in [3.05, 3.63) is 29.8 Å². The largest absolute Gasteiger partial charge is 0.345 e. The summed E-state index contributed by atoms with van der Waals surface area (Å²) in [5, 5.41) is 4.95. The summed E-state index contributed by atoms with van der Waals surface area (Å²) in [4.78, 5) is 12.8. The number of amides is 1. The third kappa shape index (κ3) is 2.77. The van der Waals surface area contributed by atoms with Crippen LogP contribution in [0.15, 0.2) is 29.2 Å². The van der Waals surface area contributed by atoms with Crippen LogP contribution in [0.5, 0.6) is 0 Å². The van der Waals surface area contributed by atoms with Crippen LogP contribution in [0.2, 0.25) is 0 Å². The number of benzene rings is 1. The fourth-order valence-electron chi connectivity index (χ4n) is 1.06. The van der Waals surface area contributed by atoms with Crippen molar-refractivity contribution in [1.29, 1.82) is 0 Å². The molecule has 5 nitrogen and oxygen atoms in total. The van der Waals surface area contributed by atoms with Crippen LogP contribution < -0.4 is 5.14 Å². The molecule has 0 saturated carbocycles. The fraction of sp³-hybridized carbons (Fsp3) is 0.222. The van der Waals surface area contributed by atoms with E-state index in [4.69, 9.17) is 5.14 Å². The van der Waals surface area contributed by atoms with Gasteiger partial charge in [-0.1, -0.05) is 6.07 Å². The Hall–Kier alpha value is -1.40. The molecule has 1 aromatic carbocycles. The van der Waals surface area contributed by atoms with Gasteiger partial charge in [0.2, 0.25) is 10.0 Å². The molecule has 82 valence electrons. The van der Waals surface area contributed by atoms with E-state index in [0.29, 0.717) is 5.56 Å². The lowest BCUT2D eigenvalue weighted by Gasteiger charge is -2.10. The summed E-state index contributed by atoms with van der Waals surface area (Å²) in [6.45, 7) is 0. The topological polar surface area (TPSA) is 80.5 Å². The maximum Gasteiger partial charge on any atom is 0.253 e. The molecule has 0 bridgehead atoms. The summed E-state index contributed by atoms with van der Waals surface area (Å²) in [7, 11) is -0.577. The lowest BCUT2D eigenvalue weighted by molar-refractivity contribution is 0.0827. The Morgan fingerprint density at radius 1 is 1.33 bits per heavy atom. The summed E-state index contributed by atoms with van der Waals surface area (Å²) >= 11 is 0. The first-order valence-electron chi connectivity index (χ1n) is 4.17. The summed E-state index contributed by atoms with van der Waals surface area (Å²) in [5.41, 5.74) is 0.298. The molecule has 6 heteroatoms. The van der Waals surface area contributed by atoms with E-state index in [2.05, 4.69) is 0 Å². The number of carbonyl (C=O) groups excluding carboxylic acids is 1. The molecule has 2 N–H and O–H groups in total. The van der Waals surface area contributed by atoms with Gasteiger partial charge in [0.05, 0.1) is 4.90 Å². The number of primary sulfonamides is 1. The average molecular weight is 228 g/mol. The highest BCUT2D eigenvalue weighted by atomic mass is 32.2. The van der Waals surface area contributed by atoms with Gasteiger partial charge in [-0.05, 0) is 18.2 Å². The second kappa shape index (κ2) is 4.00. The Bertz CT molecular complexity index is 480. The number of rotatable bonds is 2. The van der Waals surface area contributed by atoms with E-state index < -0.39 is 10.0 Å². The zero-order valence-corrected chi connectivity index (χ0v) is 9.28. The van der Waals surface area contributed by atoms with Crippen molar-refractivity contribution < 1.29 is 13.2 Å². The summed E-state index contributed by atoms with van der Waals surface area (Å²) in [5.74, 6) is -0.263. The predicted octanol–water partition coefficient (Wildman–Crippen LogP) is 0.0358. The minimum atomic E-state index is -3.76. The zero-order chi connectivity index (χ0) is 11.6. The van der Waals surface area contributed by atoms with E-state index in [1.807, 2.05) is 0 Å². The molecule has 0 saturated heterocycles. The van der Waals surface area contributed by atoms with Gasteiger partial charge in [-0.3, -0.25) is 4.79 Å². The molecule has 0 atom stereocenters. The second-order valence-corrected chi connectivity index (χ2v) is 4.83. The van der Waals surface area contributed by atoms with Crippen LogP contribution >= 0.6 is 0 Å². The van der Waals surface area contributed by atoms with Crippen molar-refractivity contribution in [2.45, 2.75) is 4.90 Å². The first-order valence-corrected chi connectivity index (χ1v) is 5.71. The third-order valence-electron chi connectivity index (χ3n) is 1.82. The van der Waals surface area contributed by atoms with Gasteiger partial charge >= 0.3 is 0 Å². The van der Waals surface area contributed by atoms with E-state index in [-0.39, 0.29) is 10.8 Å². The van der Waals surface area contributed by atoms with Gasteiger partial charge < -0.3 is 4.90 Å². The molecule has 1 rings (SSSR count). The van der Waals surface area contributed by atoms with E-state index in [1.54, 1.807) is 14.1 Å². The van der Waals surface area contributed by atoms with E-state index >= 15 is 0 Å². The molecule has 0 fully saturated rings. The number of nitrogens with zero attached hydrogens (tertiary/aromatic N) is 1. The van der Waals surface area contributed by atoms with Gasteiger partial charge in [-0.15, -0.1) is 0 Å². The Morgan fingerprint density at radius 2 is 1.93 bits per heavy atom. The van der Waals surface area contributed by atoms with Crippen molar-refractivity contribution >= 4 is 15.9 Å². The fourth-order valence-corrected chi connectivity index (χ4v) is 1.62. The summed E-state index contributed by atoms with van der Waals surface area (Å²) in [6.07, 6.45) is 0. The van der Waals surface area contributed by atoms with E-state index in [1.165, 1.54) is 29.2 Å². The molecule has 0 spiro atoms. The highest BCUT2D eigenvalue weighted by Gasteiger charge is 2.12. The SMILES string of the molecule is CN(C)C(=O)c1cccc(S(N)(=O)=O)c1. The van der Waals surface area contributed by atoms with Crippen LogP contribution in [-0.2, 0) is 10.0 Å². The minimum absolute atomic E-state index is 0.0600. The molecule has 1 amide bonds. The Balaban J connectivity index is 3.20. The lowest BCUT2D eigenvalue weighted by Crippen LogP contribution is -2.22. The first kappa shape index (κ1) is 11.7. The van der Waals surface area contributed by atoms with Gasteiger partial charge in [0.15, 0.2) is 0 Å². The highest BCUT2D eigenvalue weighted by molar-refractivity contribution is 7.89. The second-order valence-electron chi connectivity index (χ2n) is 3.27. The Morgan fingerprint density at radius 3 is 2.40 bits per heavy atom. The maximum absolute atomic E-state index is 11.5. The van der Waals surface area contributed by atoms with E-state index in [9.17, 15) is 13.2 Å². The Labute approximate surface area is 88.5 Å². The van der Waals surface area contributed by atoms with Crippen LogP contribution in [0.3, 0.4) is 0 Å². The minimum Gasteiger partial charge on any atom is -0.345 e. The molecule has 0 aliphatic heterocycles. The van der Waals surface area contributed by atoms with Crippen LogP contribution in [0.25, 0.3) is 0 Å². The van der Waals surface area contributed by atoms with Crippen LogP contribution in [0.4, 0.5) is 0 Å². The molecular formula is C9H12N2O3S. The van der Waals surface area contributed by atoms with Gasteiger partial charge in [0.25, 0.3) is 5.91 Å². The summed E-state index contributed by atoms with van der Waals surface area (Å²) in [6, 6.07) is 5.63. The van der Waals surface area contributed by atoms with Crippen LogP contribution in [-0.4, -0.2) is 33.3 Å². The molecule has 0 heterocycles. The van der Waals surface area contributed by atoms with Gasteiger partial charge in [-0.25, -0.2) is 13.6 Å². The molecule has 15 heavy (non-hydrogen) atoms. The number of hydrogen-bond acceptors (Lipinski definition) is 3. The lowest BCUT2D eigenvalue weighted by atomic mass is 10.2. The molecule has 0 unspecified atom stereocenters. The van der Waals surface area contributed by atoms with Crippen molar-refractivity contribution in [1.82, 2.24) is 4.90 Å². The normalized spacial score (nSPS) is 11.1. The maximum atomic E-state index is 11.5. The standard InChI is InChI=1S/C9H12N2O3S/c1-11(2)9(12)7-4-3-5-8(6-7)15(10,13)14/h3-6H,1-2H3,(H2,10,13,14). The molecule has 0 radical (unpaired) electrons. The smallest absolute Gasteiger partial charge is 0.253 e. The first-order chi connectivity index (χ1) is 6.82. The third-order valence-corrected chi connectivity index (χ3v) is 2.73. The molecule has 1 aromatic rings. The predicted molar refractivity (Wildman–Crippen MR) is 55.8 cm³/mol. The highest BCUT2D eigenvalue weighted by Crippen LogP contribution is 2.10. The quantitative estimate of drug-likeness (QED) is 0.775. The summed E-state index contributed by atoms with van der Waals surface area (Å²) < 4.78 is 22.1. The van der Waals surface area contributed by atoms with Crippen molar-refractivity contribution in [3.63, 3.8) is 0 Å². The van der Waals surface area contributed by atoms with Crippen molar-refractivity contribution in [3.8, 4) is 0 Å². The monoisotopic (exact) mass is 228 g/mol. The van der Waals surface area contributed by atoms with Crippen LogP contribution in [0.1, 0.15) is 10.4 Å². The number of sulfonamides is 1. The van der Waals surface area contributed by atoms with Gasteiger partial charge in [0, 0.05) is 19.7 Å². The average Bonchev–Trinajstić information content (AvgIpc) is 2.15.